The van der Waals surface area contributed by atoms with Crippen molar-refractivity contribution in [2.45, 2.75) is 33.1 Å². The number of carbonyl (C=O) groups excluding carboxylic acids is 3. The van der Waals surface area contributed by atoms with Gasteiger partial charge in [-0.2, -0.15) is 0 Å². The van der Waals surface area contributed by atoms with E-state index in [-0.39, 0.29) is 24.4 Å². The third-order valence-corrected chi connectivity index (χ3v) is 1.71. The first-order valence-corrected chi connectivity index (χ1v) is 4.41. The Morgan fingerprint density at radius 2 is 1.79 bits per heavy atom. The molecule has 14 heavy (non-hydrogen) atoms. The first-order valence-electron chi connectivity index (χ1n) is 4.41. The van der Waals surface area contributed by atoms with Gasteiger partial charge in [0.1, 0.15) is 11.6 Å². The number of hydrogen-bond acceptors (Lipinski definition) is 3. The van der Waals surface area contributed by atoms with Gasteiger partial charge in [-0.15, -0.1) is 0 Å². The van der Waals surface area contributed by atoms with E-state index in [2.05, 4.69) is 0 Å². The summed E-state index contributed by atoms with van der Waals surface area (Å²) in [6.45, 7) is 2.97. The number of amides is 1. The van der Waals surface area contributed by atoms with E-state index in [0.29, 0.717) is 12.0 Å². The summed E-state index contributed by atoms with van der Waals surface area (Å²) in [7, 11) is 0. The molecule has 0 heterocycles. The van der Waals surface area contributed by atoms with Crippen LogP contribution in [0.15, 0.2) is 11.6 Å². The molecular formula is C10H15NO3. The lowest BCUT2D eigenvalue weighted by Crippen LogP contribution is -2.11. The number of primary amides is 1. The van der Waals surface area contributed by atoms with Crippen molar-refractivity contribution in [2.75, 3.05) is 0 Å². The van der Waals surface area contributed by atoms with Crippen LogP contribution in [0, 0.1) is 0 Å². The summed E-state index contributed by atoms with van der Waals surface area (Å²) in [5, 5.41) is 0. The zero-order chi connectivity index (χ0) is 11.1. The van der Waals surface area contributed by atoms with Crippen molar-refractivity contribution in [3.05, 3.63) is 11.6 Å². The minimum absolute atomic E-state index is 0.0243. The van der Waals surface area contributed by atoms with Gasteiger partial charge in [0.2, 0.25) is 5.91 Å². The smallest absolute Gasteiger partial charge is 0.244 e. The van der Waals surface area contributed by atoms with Crippen molar-refractivity contribution in [3.8, 4) is 0 Å². The molecule has 0 radical (unpaired) electrons. The molecule has 4 heteroatoms. The molecule has 0 aromatic carbocycles. The van der Waals surface area contributed by atoms with Crippen LogP contribution in [-0.4, -0.2) is 17.5 Å². The predicted octanol–water partition coefficient (Wildman–Crippen LogP) is 0.746. The zero-order valence-electron chi connectivity index (χ0n) is 8.50. The fourth-order valence-corrected chi connectivity index (χ4v) is 0.916. The number of ketones is 2. The van der Waals surface area contributed by atoms with Crippen LogP contribution in [0.3, 0.4) is 0 Å². The highest BCUT2D eigenvalue weighted by atomic mass is 16.1. The fraction of sp³-hybridized carbons (Fsp3) is 0.500. The van der Waals surface area contributed by atoms with Gasteiger partial charge in [0.25, 0.3) is 0 Å². The molecule has 0 unspecified atom stereocenters. The third-order valence-electron chi connectivity index (χ3n) is 1.71. The Bertz CT molecular complexity index is 279. The summed E-state index contributed by atoms with van der Waals surface area (Å²) >= 11 is 0. The number of nitrogens with two attached hydrogens (primary N) is 1. The second kappa shape index (κ2) is 6.07. The molecule has 1 amide bonds. The summed E-state index contributed by atoms with van der Waals surface area (Å²) < 4.78 is 0. The molecule has 2 N–H and O–H groups in total. The van der Waals surface area contributed by atoms with Gasteiger partial charge in [-0.1, -0.05) is 6.08 Å². The molecule has 0 aromatic rings. The second-order valence-electron chi connectivity index (χ2n) is 3.21. The van der Waals surface area contributed by atoms with E-state index < -0.39 is 5.91 Å². The first kappa shape index (κ1) is 12.6. The van der Waals surface area contributed by atoms with Crippen molar-refractivity contribution in [1.82, 2.24) is 0 Å². The number of carbonyl (C=O) groups is 3. The molecular weight excluding hydrogens is 182 g/mol. The molecule has 0 atom stereocenters. The quantitative estimate of drug-likeness (QED) is 0.504. The molecule has 4 nitrogen and oxygen atoms in total. The Morgan fingerprint density at radius 1 is 1.21 bits per heavy atom. The van der Waals surface area contributed by atoms with E-state index in [1.54, 1.807) is 13.0 Å². The Kier molecular flexibility index (Phi) is 5.44. The maximum absolute atomic E-state index is 11.0. The van der Waals surface area contributed by atoms with Crippen molar-refractivity contribution in [3.63, 3.8) is 0 Å². The highest BCUT2D eigenvalue weighted by molar-refractivity contribution is 5.98. The summed E-state index contributed by atoms with van der Waals surface area (Å²) in [5.74, 6) is -0.722. The van der Waals surface area contributed by atoms with Gasteiger partial charge in [-0.3, -0.25) is 14.4 Å². The normalized spacial score (nSPS) is 11.1. The molecule has 0 aromatic heterocycles. The largest absolute Gasteiger partial charge is 0.366 e. The highest BCUT2D eigenvalue weighted by Gasteiger charge is 2.04. The summed E-state index contributed by atoms with van der Waals surface area (Å²) in [6.07, 6.45) is 2.33. The molecule has 0 aliphatic carbocycles. The first-order chi connectivity index (χ1) is 6.43. The monoisotopic (exact) mass is 197 g/mol. The Hall–Kier alpha value is -1.45. The van der Waals surface area contributed by atoms with Gasteiger partial charge in [-0.25, -0.2) is 0 Å². The van der Waals surface area contributed by atoms with Gasteiger partial charge in [0, 0.05) is 12.0 Å². The molecule has 0 fully saturated rings. The molecule has 0 bridgehead atoms. The van der Waals surface area contributed by atoms with E-state index in [9.17, 15) is 14.4 Å². The van der Waals surface area contributed by atoms with Crippen LogP contribution in [0.5, 0.6) is 0 Å². The molecule has 0 saturated heterocycles. The highest BCUT2D eigenvalue weighted by Crippen LogP contribution is 2.00. The molecule has 0 aliphatic heterocycles. The van der Waals surface area contributed by atoms with Crippen LogP contribution in [0.25, 0.3) is 0 Å². The minimum atomic E-state index is -0.482. The maximum Gasteiger partial charge on any atom is 0.244 e. The second-order valence-corrected chi connectivity index (χ2v) is 3.21. The van der Waals surface area contributed by atoms with Crippen molar-refractivity contribution in [1.29, 1.82) is 0 Å². The van der Waals surface area contributed by atoms with Crippen molar-refractivity contribution >= 4 is 17.5 Å². The van der Waals surface area contributed by atoms with Gasteiger partial charge >= 0.3 is 0 Å². The molecule has 0 spiro atoms. The zero-order valence-corrected chi connectivity index (χ0v) is 8.50. The van der Waals surface area contributed by atoms with Crippen LogP contribution >= 0.6 is 0 Å². The average molecular weight is 197 g/mol. The summed E-state index contributed by atoms with van der Waals surface area (Å²) in [5.41, 5.74) is 5.43. The van der Waals surface area contributed by atoms with Gasteiger partial charge in [0.15, 0.2) is 0 Å². The van der Waals surface area contributed by atoms with Crippen LogP contribution in [0.4, 0.5) is 0 Å². The van der Waals surface area contributed by atoms with Crippen molar-refractivity contribution < 1.29 is 14.4 Å². The van der Waals surface area contributed by atoms with E-state index in [4.69, 9.17) is 5.73 Å². The Balaban J connectivity index is 3.85. The molecule has 0 rings (SSSR count). The number of hydrogen-bond donors (Lipinski definition) is 1. The van der Waals surface area contributed by atoms with E-state index in [0.717, 1.165) is 0 Å². The van der Waals surface area contributed by atoms with E-state index in [1.165, 1.54) is 6.92 Å². The molecule has 0 saturated carbocycles. The van der Waals surface area contributed by atoms with Crippen LogP contribution < -0.4 is 5.73 Å². The van der Waals surface area contributed by atoms with Gasteiger partial charge < -0.3 is 5.73 Å². The van der Waals surface area contributed by atoms with Gasteiger partial charge in [0.05, 0.1) is 6.42 Å². The predicted molar refractivity (Wildman–Crippen MR) is 52.5 cm³/mol. The van der Waals surface area contributed by atoms with Crippen LogP contribution in [0.1, 0.15) is 33.1 Å². The maximum atomic E-state index is 11.0. The average Bonchev–Trinajstić information content (AvgIpc) is 2.02. The lowest BCUT2D eigenvalue weighted by molar-refractivity contribution is -0.126. The summed E-state index contributed by atoms with van der Waals surface area (Å²) in [4.78, 5) is 32.2. The SMILES string of the molecule is CC(=O)CC(=O)CCC=C(C)C(N)=O. The number of Topliss-reactive ketones (excluding diaryl/α,β-unsaturated/α-hetero) is 2. The molecule has 0 aliphatic rings. The topological polar surface area (TPSA) is 77.2 Å². The standard InChI is InChI=1S/C10H15NO3/c1-7(10(11)14)4-3-5-9(13)6-8(2)12/h4H,3,5-6H2,1-2H3,(H2,11,14). The fourth-order valence-electron chi connectivity index (χ4n) is 0.916. The molecule has 78 valence electrons. The lowest BCUT2D eigenvalue weighted by Gasteiger charge is -1.96. The van der Waals surface area contributed by atoms with Crippen LogP contribution in [-0.2, 0) is 14.4 Å². The van der Waals surface area contributed by atoms with E-state index >= 15 is 0 Å². The van der Waals surface area contributed by atoms with Gasteiger partial charge in [-0.05, 0) is 20.3 Å². The minimum Gasteiger partial charge on any atom is -0.366 e. The third kappa shape index (κ3) is 6.11. The van der Waals surface area contributed by atoms with Crippen molar-refractivity contribution in [2.24, 2.45) is 5.73 Å². The Labute approximate surface area is 83.2 Å². The lowest BCUT2D eigenvalue weighted by atomic mass is 10.1. The van der Waals surface area contributed by atoms with Crippen LogP contribution in [0.2, 0.25) is 0 Å². The number of rotatable bonds is 6. The Morgan fingerprint density at radius 3 is 2.21 bits per heavy atom. The summed E-state index contributed by atoms with van der Waals surface area (Å²) in [6, 6.07) is 0. The number of allylic oxidation sites excluding steroid dienone is 1. The van der Waals surface area contributed by atoms with E-state index in [1.807, 2.05) is 0 Å².